The van der Waals surface area contributed by atoms with Gasteiger partial charge in [0.05, 0.1) is 24.6 Å². The van der Waals surface area contributed by atoms with Crippen LogP contribution in [-0.2, 0) is 24.9 Å². The molecular formula is C16H18N4O2S2. The van der Waals surface area contributed by atoms with E-state index in [4.69, 9.17) is 4.42 Å². The van der Waals surface area contributed by atoms with E-state index in [-0.39, 0.29) is 11.2 Å². The minimum Gasteiger partial charge on any atom is -0.467 e. The molecule has 3 aromatic rings. The molecule has 3 heterocycles. The second-order valence-corrected chi connectivity index (χ2v) is 7.68. The Bertz CT molecular complexity index is 732. The van der Waals surface area contributed by atoms with E-state index >= 15 is 0 Å². The zero-order valence-electron chi connectivity index (χ0n) is 13.5. The molecule has 1 unspecified atom stereocenters. The molecule has 0 aliphatic rings. The summed E-state index contributed by atoms with van der Waals surface area (Å²) in [7, 11) is 1.87. The van der Waals surface area contributed by atoms with Crippen molar-refractivity contribution in [3.05, 3.63) is 52.9 Å². The number of rotatable bonds is 7. The Balaban J connectivity index is 1.73. The number of aryl methyl sites for hydroxylation is 1. The summed E-state index contributed by atoms with van der Waals surface area (Å²) < 4.78 is 7.22. The van der Waals surface area contributed by atoms with Gasteiger partial charge in [0.15, 0.2) is 5.16 Å². The van der Waals surface area contributed by atoms with Gasteiger partial charge in [-0.25, -0.2) is 0 Å². The summed E-state index contributed by atoms with van der Waals surface area (Å²) in [5.41, 5.74) is 0. The van der Waals surface area contributed by atoms with Crippen molar-refractivity contribution in [2.75, 3.05) is 0 Å². The highest BCUT2D eigenvalue weighted by atomic mass is 32.2. The average Bonchev–Trinajstić information content (AvgIpc) is 3.31. The molecule has 3 rings (SSSR count). The van der Waals surface area contributed by atoms with Crippen LogP contribution in [0.1, 0.15) is 17.6 Å². The highest BCUT2D eigenvalue weighted by Crippen LogP contribution is 2.24. The van der Waals surface area contributed by atoms with Gasteiger partial charge in [0.2, 0.25) is 5.91 Å². The first-order chi connectivity index (χ1) is 11.6. The van der Waals surface area contributed by atoms with E-state index in [0.717, 1.165) is 15.8 Å². The fourth-order valence-corrected chi connectivity index (χ4v) is 3.83. The van der Waals surface area contributed by atoms with E-state index < -0.39 is 0 Å². The molecule has 0 aliphatic heterocycles. The lowest BCUT2D eigenvalue weighted by Crippen LogP contribution is -2.35. The number of carbonyl (C=O) groups excluding carboxylic acids is 1. The summed E-state index contributed by atoms with van der Waals surface area (Å²) in [6.45, 7) is 2.92. The van der Waals surface area contributed by atoms with E-state index in [1.165, 1.54) is 11.8 Å². The van der Waals surface area contributed by atoms with Gasteiger partial charge < -0.3 is 13.9 Å². The monoisotopic (exact) mass is 362 g/mol. The molecule has 24 heavy (non-hydrogen) atoms. The Labute approximate surface area is 148 Å². The van der Waals surface area contributed by atoms with Gasteiger partial charge in [0.25, 0.3) is 0 Å². The van der Waals surface area contributed by atoms with E-state index in [1.807, 2.05) is 53.1 Å². The highest BCUT2D eigenvalue weighted by Gasteiger charge is 2.24. The van der Waals surface area contributed by atoms with Gasteiger partial charge >= 0.3 is 0 Å². The summed E-state index contributed by atoms with van der Waals surface area (Å²) in [6.07, 6.45) is 3.26. The van der Waals surface area contributed by atoms with Crippen molar-refractivity contribution in [1.82, 2.24) is 19.7 Å². The van der Waals surface area contributed by atoms with Crippen LogP contribution in [0.15, 0.2) is 51.8 Å². The van der Waals surface area contributed by atoms with Crippen LogP contribution in [0.5, 0.6) is 0 Å². The van der Waals surface area contributed by atoms with Crippen LogP contribution in [0.25, 0.3) is 0 Å². The average molecular weight is 362 g/mol. The first-order valence-electron chi connectivity index (χ1n) is 7.47. The minimum atomic E-state index is -0.261. The maximum atomic E-state index is 12.9. The Kier molecular flexibility index (Phi) is 5.37. The zero-order chi connectivity index (χ0) is 16.9. The van der Waals surface area contributed by atoms with E-state index in [1.54, 1.807) is 23.9 Å². The van der Waals surface area contributed by atoms with Crippen LogP contribution >= 0.6 is 23.1 Å². The Morgan fingerprint density at radius 1 is 1.42 bits per heavy atom. The van der Waals surface area contributed by atoms with E-state index in [2.05, 4.69) is 10.2 Å². The quantitative estimate of drug-likeness (QED) is 0.604. The summed E-state index contributed by atoms with van der Waals surface area (Å²) in [5.74, 6) is 0.823. The normalized spacial score (nSPS) is 12.2. The predicted octanol–water partition coefficient (Wildman–Crippen LogP) is 3.18. The number of aromatic nitrogens is 3. The van der Waals surface area contributed by atoms with Crippen LogP contribution in [0.4, 0.5) is 0 Å². The maximum Gasteiger partial charge on any atom is 0.236 e. The maximum absolute atomic E-state index is 12.9. The summed E-state index contributed by atoms with van der Waals surface area (Å²) in [4.78, 5) is 15.9. The van der Waals surface area contributed by atoms with Crippen molar-refractivity contribution in [3.63, 3.8) is 0 Å². The smallest absolute Gasteiger partial charge is 0.236 e. The number of carbonyl (C=O) groups is 1. The summed E-state index contributed by atoms with van der Waals surface area (Å²) in [5, 5.41) is 10.4. The fraction of sp³-hybridized carbons (Fsp3) is 0.312. The van der Waals surface area contributed by atoms with Gasteiger partial charge in [0.1, 0.15) is 12.1 Å². The number of thioether (sulfide) groups is 1. The third-order valence-electron chi connectivity index (χ3n) is 3.47. The molecule has 6 nitrogen and oxygen atoms in total. The first kappa shape index (κ1) is 16.8. The van der Waals surface area contributed by atoms with Gasteiger partial charge in [-0.2, -0.15) is 0 Å². The SMILES string of the molecule is CC(Sc1nncn1C)C(=O)N(Cc1ccco1)Cc1cccs1. The number of hydrogen-bond acceptors (Lipinski definition) is 6. The van der Waals surface area contributed by atoms with Crippen molar-refractivity contribution >= 4 is 29.0 Å². The minimum absolute atomic E-state index is 0.0489. The van der Waals surface area contributed by atoms with Crippen LogP contribution in [0, 0.1) is 0 Å². The van der Waals surface area contributed by atoms with Crippen molar-refractivity contribution in [1.29, 1.82) is 0 Å². The van der Waals surface area contributed by atoms with Crippen LogP contribution in [0.2, 0.25) is 0 Å². The molecule has 0 bridgehead atoms. The van der Waals surface area contributed by atoms with Crippen molar-refractivity contribution in [2.24, 2.45) is 7.05 Å². The second kappa shape index (κ2) is 7.67. The number of nitrogens with zero attached hydrogens (tertiary/aromatic N) is 4. The number of hydrogen-bond donors (Lipinski definition) is 0. The lowest BCUT2D eigenvalue weighted by atomic mass is 10.3. The molecule has 0 spiro atoms. The topological polar surface area (TPSA) is 64.2 Å². The molecule has 8 heteroatoms. The molecule has 0 fully saturated rings. The van der Waals surface area contributed by atoms with Gasteiger partial charge in [-0.1, -0.05) is 17.8 Å². The standard InChI is InChI=1S/C16H18N4O2S2/c1-12(24-16-18-17-11-19(16)2)15(21)20(9-13-5-3-7-22-13)10-14-6-4-8-23-14/h3-8,11-12H,9-10H2,1-2H3. The second-order valence-electron chi connectivity index (χ2n) is 5.34. The van der Waals surface area contributed by atoms with Crippen molar-refractivity contribution < 1.29 is 9.21 Å². The van der Waals surface area contributed by atoms with Gasteiger partial charge in [-0.3, -0.25) is 4.79 Å². The Hall–Kier alpha value is -2.06. The number of thiophene rings is 1. The lowest BCUT2D eigenvalue weighted by molar-refractivity contribution is -0.131. The fourth-order valence-electron chi connectivity index (χ4n) is 2.24. The molecule has 1 atom stereocenters. The molecule has 1 amide bonds. The highest BCUT2D eigenvalue weighted by molar-refractivity contribution is 8.00. The third-order valence-corrected chi connectivity index (χ3v) is 5.46. The van der Waals surface area contributed by atoms with Gasteiger partial charge in [-0.15, -0.1) is 21.5 Å². The largest absolute Gasteiger partial charge is 0.467 e. The molecule has 0 N–H and O–H groups in total. The molecule has 0 aromatic carbocycles. The predicted molar refractivity (Wildman–Crippen MR) is 93.6 cm³/mol. The molecular weight excluding hydrogens is 344 g/mol. The van der Waals surface area contributed by atoms with Gasteiger partial charge in [0, 0.05) is 11.9 Å². The lowest BCUT2D eigenvalue weighted by Gasteiger charge is -2.24. The van der Waals surface area contributed by atoms with E-state index in [0.29, 0.717) is 13.1 Å². The van der Waals surface area contributed by atoms with Crippen LogP contribution in [-0.4, -0.2) is 30.8 Å². The van der Waals surface area contributed by atoms with Crippen molar-refractivity contribution in [2.45, 2.75) is 30.4 Å². The van der Waals surface area contributed by atoms with Crippen LogP contribution in [0.3, 0.4) is 0 Å². The van der Waals surface area contributed by atoms with Crippen molar-refractivity contribution in [3.8, 4) is 0 Å². The molecule has 0 saturated carbocycles. The third kappa shape index (κ3) is 4.07. The first-order valence-corrected chi connectivity index (χ1v) is 9.23. The van der Waals surface area contributed by atoms with Crippen LogP contribution < -0.4 is 0 Å². The number of furan rings is 1. The number of amides is 1. The molecule has 0 saturated heterocycles. The summed E-state index contributed by atoms with van der Waals surface area (Å²) >= 11 is 3.05. The zero-order valence-corrected chi connectivity index (χ0v) is 15.1. The molecule has 0 radical (unpaired) electrons. The molecule has 3 aromatic heterocycles. The molecule has 126 valence electrons. The molecule has 0 aliphatic carbocycles. The van der Waals surface area contributed by atoms with Gasteiger partial charge in [-0.05, 0) is 30.5 Å². The Morgan fingerprint density at radius 3 is 2.92 bits per heavy atom. The summed E-state index contributed by atoms with van der Waals surface area (Å²) in [6, 6.07) is 7.75. The Morgan fingerprint density at radius 2 is 2.29 bits per heavy atom. The van der Waals surface area contributed by atoms with E-state index in [9.17, 15) is 4.79 Å².